The third-order valence-electron chi connectivity index (χ3n) is 5.32. The summed E-state index contributed by atoms with van der Waals surface area (Å²) in [5.41, 5.74) is 9.39. The summed E-state index contributed by atoms with van der Waals surface area (Å²) in [6.45, 7) is 2.70. The molecule has 0 bridgehead atoms. The second-order valence-electron chi connectivity index (χ2n) is 7.20. The number of hydrogen-bond donors (Lipinski definition) is 1. The van der Waals surface area contributed by atoms with Gasteiger partial charge in [0.2, 0.25) is 0 Å². The Labute approximate surface area is 174 Å². The van der Waals surface area contributed by atoms with Crippen molar-refractivity contribution in [2.24, 2.45) is 0 Å². The Bertz CT molecular complexity index is 1320. The van der Waals surface area contributed by atoms with E-state index in [1.807, 2.05) is 18.2 Å². The highest BCUT2D eigenvalue weighted by Gasteiger charge is 2.24. The number of thiazole rings is 1. The Hall–Kier alpha value is -2.81. The van der Waals surface area contributed by atoms with E-state index in [1.165, 1.54) is 10.4 Å². The van der Waals surface area contributed by atoms with Gasteiger partial charge in [0, 0.05) is 35.3 Å². The van der Waals surface area contributed by atoms with Gasteiger partial charge in [-0.2, -0.15) is 0 Å². The second kappa shape index (κ2) is 6.62. The number of nitrogens with zero attached hydrogens (tertiary/aromatic N) is 4. The first kappa shape index (κ1) is 17.1. The highest BCUT2D eigenvalue weighted by Crippen LogP contribution is 2.37. The number of fused-ring (bicyclic) bond motifs is 4. The molecule has 0 amide bonds. The van der Waals surface area contributed by atoms with E-state index in [-0.39, 0.29) is 0 Å². The van der Waals surface area contributed by atoms with E-state index in [2.05, 4.69) is 32.4 Å². The third kappa shape index (κ3) is 2.91. The Morgan fingerprint density at radius 1 is 1.21 bits per heavy atom. The van der Waals surface area contributed by atoms with Crippen LogP contribution in [0.1, 0.15) is 16.1 Å². The van der Waals surface area contributed by atoms with E-state index in [4.69, 9.17) is 15.1 Å². The summed E-state index contributed by atoms with van der Waals surface area (Å²) in [5.74, 6) is 1.43. The SMILES string of the molecule is Nc1ncnc2sc3c(c12)CCN(Cc1csc(-c2cc4ccccc4o2)n1)C3. The zero-order valence-corrected chi connectivity index (χ0v) is 17.1. The van der Waals surface area contributed by atoms with Crippen molar-refractivity contribution in [1.82, 2.24) is 19.9 Å². The fourth-order valence-corrected chi connectivity index (χ4v) is 5.95. The number of furan rings is 1. The first-order chi connectivity index (χ1) is 14.2. The van der Waals surface area contributed by atoms with Crippen LogP contribution in [-0.2, 0) is 19.5 Å². The first-order valence-corrected chi connectivity index (χ1v) is 11.1. The van der Waals surface area contributed by atoms with Crippen molar-refractivity contribution >= 4 is 49.7 Å². The maximum Gasteiger partial charge on any atom is 0.164 e. The van der Waals surface area contributed by atoms with Gasteiger partial charge in [-0.25, -0.2) is 15.0 Å². The minimum Gasteiger partial charge on any atom is -0.454 e. The van der Waals surface area contributed by atoms with Crippen LogP contribution in [0.3, 0.4) is 0 Å². The van der Waals surface area contributed by atoms with E-state index < -0.39 is 0 Å². The smallest absolute Gasteiger partial charge is 0.164 e. The number of para-hydroxylation sites is 1. The number of anilines is 1. The average Bonchev–Trinajstić information content (AvgIpc) is 3.44. The van der Waals surface area contributed by atoms with E-state index in [0.717, 1.165) is 63.7 Å². The Kier molecular flexibility index (Phi) is 3.90. The van der Waals surface area contributed by atoms with Crippen molar-refractivity contribution in [2.75, 3.05) is 12.3 Å². The molecule has 144 valence electrons. The molecule has 6 nitrogen and oxygen atoms in total. The Morgan fingerprint density at radius 2 is 2.14 bits per heavy atom. The topological polar surface area (TPSA) is 81.1 Å². The van der Waals surface area contributed by atoms with Crippen LogP contribution in [0.2, 0.25) is 0 Å². The van der Waals surface area contributed by atoms with Gasteiger partial charge >= 0.3 is 0 Å². The molecule has 5 heterocycles. The van der Waals surface area contributed by atoms with Crippen LogP contribution in [-0.4, -0.2) is 26.4 Å². The van der Waals surface area contributed by atoms with Gasteiger partial charge in [-0.1, -0.05) is 18.2 Å². The van der Waals surface area contributed by atoms with E-state index in [1.54, 1.807) is 29.0 Å². The van der Waals surface area contributed by atoms with Crippen molar-refractivity contribution in [3.63, 3.8) is 0 Å². The fourth-order valence-electron chi connectivity index (χ4n) is 3.95. The number of hydrogen-bond acceptors (Lipinski definition) is 8. The third-order valence-corrected chi connectivity index (χ3v) is 7.35. The lowest BCUT2D eigenvalue weighted by atomic mass is 10.0. The maximum absolute atomic E-state index is 6.09. The molecule has 0 saturated heterocycles. The normalized spacial score (nSPS) is 14.6. The van der Waals surface area contributed by atoms with Crippen molar-refractivity contribution < 1.29 is 4.42 Å². The molecule has 6 rings (SSSR count). The predicted octanol–water partition coefficient (Wildman–Crippen LogP) is 4.70. The number of aromatic nitrogens is 3. The standard InChI is InChI=1S/C21H17N5OS2/c22-19-18-14-5-6-26(9-17(14)29-21(18)24-11-23-19)8-13-10-28-20(25-13)16-7-12-3-1-2-4-15(12)27-16/h1-4,7,10-11H,5-6,8-9H2,(H2,22,23,24). The quantitative estimate of drug-likeness (QED) is 0.456. The highest BCUT2D eigenvalue weighted by molar-refractivity contribution is 7.19. The van der Waals surface area contributed by atoms with Crippen LogP contribution >= 0.6 is 22.7 Å². The molecule has 8 heteroatoms. The zero-order chi connectivity index (χ0) is 19.4. The van der Waals surface area contributed by atoms with Crippen LogP contribution in [0.5, 0.6) is 0 Å². The molecule has 4 aromatic heterocycles. The minimum atomic E-state index is 0.593. The average molecular weight is 420 g/mol. The minimum absolute atomic E-state index is 0.593. The maximum atomic E-state index is 6.09. The number of benzene rings is 1. The highest BCUT2D eigenvalue weighted by atomic mass is 32.1. The summed E-state index contributed by atoms with van der Waals surface area (Å²) in [6.07, 6.45) is 2.51. The van der Waals surface area contributed by atoms with Crippen molar-refractivity contribution in [3.05, 3.63) is 58.2 Å². The molecule has 1 aliphatic rings. The summed E-state index contributed by atoms with van der Waals surface area (Å²) in [7, 11) is 0. The fraction of sp³-hybridized carbons (Fsp3) is 0.190. The molecule has 0 saturated carbocycles. The zero-order valence-electron chi connectivity index (χ0n) is 15.5. The molecule has 29 heavy (non-hydrogen) atoms. The van der Waals surface area contributed by atoms with Gasteiger partial charge in [0.1, 0.15) is 22.6 Å². The van der Waals surface area contributed by atoms with Gasteiger partial charge in [0.15, 0.2) is 10.8 Å². The van der Waals surface area contributed by atoms with Crippen molar-refractivity contribution in [3.8, 4) is 10.8 Å². The Morgan fingerprint density at radius 3 is 3.07 bits per heavy atom. The van der Waals surface area contributed by atoms with Gasteiger partial charge in [-0.05, 0) is 24.1 Å². The van der Waals surface area contributed by atoms with E-state index in [9.17, 15) is 0 Å². The van der Waals surface area contributed by atoms with Crippen LogP contribution in [0.15, 0.2) is 46.5 Å². The lowest BCUT2D eigenvalue weighted by Gasteiger charge is -2.26. The lowest BCUT2D eigenvalue weighted by molar-refractivity contribution is 0.247. The summed E-state index contributed by atoms with van der Waals surface area (Å²) >= 11 is 3.36. The summed E-state index contributed by atoms with van der Waals surface area (Å²) < 4.78 is 5.96. The molecule has 2 N–H and O–H groups in total. The molecular formula is C21H17N5OS2. The Balaban J connectivity index is 1.23. The molecule has 0 unspecified atom stereocenters. The lowest BCUT2D eigenvalue weighted by Crippen LogP contribution is -2.29. The summed E-state index contributed by atoms with van der Waals surface area (Å²) in [4.78, 5) is 18.1. The van der Waals surface area contributed by atoms with E-state index in [0.29, 0.717) is 5.82 Å². The summed E-state index contributed by atoms with van der Waals surface area (Å²) in [5, 5.41) is 5.22. The molecule has 0 radical (unpaired) electrons. The largest absolute Gasteiger partial charge is 0.454 e. The molecule has 0 spiro atoms. The summed E-state index contributed by atoms with van der Waals surface area (Å²) in [6, 6.07) is 10.1. The van der Waals surface area contributed by atoms with Gasteiger partial charge in [0.05, 0.1) is 11.1 Å². The van der Waals surface area contributed by atoms with Crippen LogP contribution in [0.25, 0.3) is 32.0 Å². The molecule has 5 aromatic rings. The second-order valence-corrected chi connectivity index (χ2v) is 9.14. The molecule has 1 aromatic carbocycles. The molecule has 0 fully saturated rings. The van der Waals surface area contributed by atoms with E-state index >= 15 is 0 Å². The molecule has 1 aliphatic heterocycles. The molecular weight excluding hydrogens is 402 g/mol. The number of thiophene rings is 1. The van der Waals surface area contributed by atoms with Crippen molar-refractivity contribution in [2.45, 2.75) is 19.5 Å². The number of nitrogen functional groups attached to an aromatic ring is 1. The number of nitrogens with two attached hydrogens (primary N) is 1. The number of rotatable bonds is 3. The van der Waals surface area contributed by atoms with Crippen molar-refractivity contribution in [1.29, 1.82) is 0 Å². The van der Waals surface area contributed by atoms with Gasteiger partial charge in [-0.3, -0.25) is 4.90 Å². The monoisotopic (exact) mass is 419 g/mol. The molecule has 0 aliphatic carbocycles. The van der Waals surface area contributed by atoms with Crippen LogP contribution in [0.4, 0.5) is 5.82 Å². The molecule has 0 atom stereocenters. The predicted molar refractivity (Wildman–Crippen MR) is 117 cm³/mol. The first-order valence-electron chi connectivity index (χ1n) is 9.41. The van der Waals surface area contributed by atoms with Gasteiger partial charge < -0.3 is 10.2 Å². The van der Waals surface area contributed by atoms with Crippen LogP contribution < -0.4 is 5.73 Å². The van der Waals surface area contributed by atoms with Gasteiger partial charge in [-0.15, -0.1) is 22.7 Å². The van der Waals surface area contributed by atoms with Crippen LogP contribution in [0, 0.1) is 0 Å². The van der Waals surface area contributed by atoms with Gasteiger partial charge in [0.25, 0.3) is 0 Å².